The highest BCUT2D eigenvalue weighted by molar-refractivity contribution is 6.41. The Morgan fingerprint density at radius 1 is 0.697 bits per heavy atom. The first-order chi connectivity index (χ1) is 14.7. The van der Waals surface area contributed by atoms with Crippen molar-refractivity contribution in [2.45, 2.75) is 79.1 Å². The van der Waals surface area contributed by atoms with Crippen LogP contribution in [0.3, 0.4) is 0 Å². The smallest absolute Gasteiger partial charge is 0.443 e. The lowest BCUT2D eigenvalue weighted by atomic mass is 10.2. The highest BCUT2D eigenvalue weighted by Crippen LogP contribution is 2.37. The Morgan fingerprint density at radius 2 is 1.06 bits per heavy atom. The van der Waals surface area contributed by atoms with E-state index in [2.05, 4.69) is 4.74 Å². The van der Waals surface area contributed by atoms with Crippen LogP contribution in [-0.4, -0.2) is 41.1 Å². The van der Waals surface area contributed by atoms with E-state index in [-0.39, 0.29) is 21.3 Å². The van der Waals surface area contributed by atoms with Gasteiger partial charge in [0.25, 0.3) is 0 Å². The van der Waals surface area contributed by atoms with Crippen molar-refractivity contribution >= 4 is 53.2 Å². The second-order valence-corrected chi connectivity index (χ2v) is 10.8. The number of rotatable bonds is 2. The number of halogens is 2. The van der Waals surface area contributed by atoms with Crippen molar-refractivity contribution in [3.63, 3.8) is 0 Å². The molecule has 0 N–H and O–H groups in total. The Hall–Kier alpha value is -2.52. The summed E-state index contributed by atoms with van der Waals surface area (Å²) >= 11 is 12.6. The molecule has 2 amide bonds. The maximum atomic E-state index is 12.8. The van der Waals surface area contributed by atoms with Gasteiger partial charge in [0.15, 0.2) is 0 Å². The van der Waals surface area contributed by atoms with E-state index in [9.17, 15) is 19.2 Å². The van der Waals surface area contributed by atoms with Crippen LogP contribution >= 0.6 is 23.2 Å². The topological polar surface area (TPSA) is 108 Å². The van der Waals surface area contributed by atoms with E-state index in [0.29, 0.717) is 4.90 Å². The van der Waals surface area contributed by atoms with Gasteiger partial charge >= 0.3 is 24.3 Å². The fraction of sp³-hybridized carbons (Fsp3) is 0.545. The predicted molar refractivity (Wildman–Crippen MR) is 123 cm³/mol. The molecule has 9 nitrogen and oxygen atoms in total. The summed E-state index contributed by atoms with van der Waals surface area (Å²) in [6.07, 6.45) is -3.40. The molecule has 0 fully saturated rings. The standard InChI is InChI=1S/C22H29Cl2NO8/c1-20(2,3)31-17(27)25(18(28)32-21(4,5)6)15-13(23)10-12(11-14(15)24)16(26)30-19(29)33-22(7,8)9/h10-11H,1-9H3. The number of nitrogens with zero attached hydrogens (tertiary/aromatic N) is 1. The number of carbonyl (C=O) groups is 4. The first-order valence-electron chi connectivity index (χ1n) is 9.90. The van der Waals surface area contributed by atoms with Crippen molar-refractivity contribution in [3.05, 3.63) is 27.7 Å². The third-order valence-electron chi connectivity index (χ3n) is 3.19. The van der Waals surface area contributed by atoms with Gasteiger partial charge in [0.2, 0.25) is 0 Å². The summed E-state index contributed by atoms with van der Waals surface area (Å²) in [6.45, 7) is 14.5. The normalized spacial score (nSPS) is 12.0. The van der Waals surface area contributed by atoms with Crippen LogP contribution in [-0.2, 0) is 18.9 Å². The Bertz CT molecular complexity index is 888. The van der Waals surface area contributed by atoms with E-state index in [0.717, 1.165) is 12.1 Å². The molecule has 0 saturated carbocycles. The first kappa shape index (κ1) is 28.5. The van der Waals surface area contributed by atoms with E-state index in [1.165, 1.54) is 0 Å². The number of imide groups is 1. The van der Waals surface area contributed by atoms with Gasteiger partial charge in [-0.25, -0.2) is 19.2 Å². The highest BCUT2D eigenvalue weighted by atomic mass is 35.5. The molecule has 0 atom stereocenters. The van der Waals surface area contributed by atoms with Crippen LogP contribution in [0.4, 0.5) is 20.1 Å². The molecule has 0 spiro atoms. The van der Waals surface area contributed by atoms with Crippen LogP contribution in [0.25, 0.3) is 0 Å². The van der Waals surface area contributed by atoms with Crippen molar-refractivity contribution in [3.8, 4) is 0 Å². The molecule has 1 aromatic rings. The van der Waals surface area contributed by atoms with Gasteiger partial charge in [0.05, 0.1) is 21.3 Å². The zero-order chi connectivity index (χ0) is 25.9. The second-order valence-electron chi connectivity index (χ2n) is 9.94. The molecular formula is C22H29Cl2NO8. The molecule has 0 bridgehead atoms. The van der Waals surface area contributed by atoms with Gasteiger partial charge < -0.3 is 18.9 Å². The molecule has 11 heteroatoms. The van der Waals surface area contributed by atoms with Crippen LogP contribution in [0.2, 0.25) is 10.0 Å². The van der Waals surface area contributed by atoms with Gasteiger partial charge in [-0.2, -0.15) is 4.90 Å². The minimum Gasteiger partial charge on any atom is -0.443 e. The summed E-state index contributed by atoms with van der Waals surface area (Å²) in [4.78, 5) is 50.3. The minimum atomic E-state index is -1.21. The first-order valence-corrected chi connectivity index (χ1v) is 10.7. The number of ether oxygens (including phenoxy) is 4. The SMILES string of the molecule is CC(C)(C)OC(=O)OC(=O)c1cc(Cl)c(N(C(=O)OC(C)(C)C)C(=O)OC(C)(C)C)c(Cl)c1. The third-order valence-corrected chi connectivity index (χ3v) is 3.77. The van der Waals surface area contributed by atoms with Gasteiger partial charge in [-0.15, -0.1) is 0 Å². The summed E-state index contributed by atoms with van der Waals surface area (Å²) in [5.41, 5.74) is -3.26. The summed E-state index contributed by atoms with van der Waals surface area (Å²) in [5, 5.41) is -0.536. The zero-order valence-corrected chi connectivity index (χ0v) is 21.6. The zero-order valence-electron chi connectivity index (χ0n) is 20.1. The van der Waals surface area contributed by atoms with Crippen LogP contribution < -0.4 is 4.90 Å². The van der Waals surface area contributed by atoms with E-state index >= 15 is 0 Å². The molecule has 0 heterocycles. The van der Waals surface area contributed by atoms with Gasteiger partial charge in [-0.3, -0.25) is 0 Å². The lowest BCUT2D eigenvalue weighted by Gasteiger charge is -2.29. The van der Waals surface area contributed by atoms with E-state index in [1.54, 1.807) is 62.3 Å². The highest BCUT2D eigenvalue weighted by Gasteiger charge is 2.36. The van der Waals surface area contributed by atoms with Crippen LogP contribution in [0.5, 0.6) is 0 Å². The van der Waals surface area contributed by atoms with Crippen molar-refractivity contribution in [1.29, 1.82) is 0 Å². The van der Waals surface area contributed by atoms with Crippen LogP contribution in [0.1, 0.15) is 72.7 Å². The molecule has 184 valence electrons. The summed E-state index contributed by atoms with van der Waals surface area (Å²) in [7, 11) is 0. The second kappa shape index (κ2) is 10.2. The predicted octanol–water partition coefficient (Wildman–Crippen LogP) is 6.76. The minimum absolute atomic E-state index is 0.215. The molecule has 0 radical (unpaired) electrons. The van der Waals surface area contributed by atoms with Gasteiger partial charge in [0, 0.05) is 0 Å². The molecule has 0 aliphatic heterocycles. The Balaban J connectivity index is 3.38. The number of carbonyl (C=O) groups excluding carboxylic acids is 4. The van der Waals surface area contributed by atoms with Crippen molar-refractivity contribution in [1.82, 2.24) is 0 Å². The largest absolute Gasteiger partial charge is 0.516 e. The summed E-state index contributed by atoms with van der Waals surface area (Å²) < 4.78 is 20.1. The van der Waals surface area contributed by atoms with Crippen molar-refractivity contribution in [2.75, 3.05) is 4.90 Å². The van der Waals surface area contributed by atoms with Crippen LogP contribution in [0.15, 0.2) is 12.1 Å². The molecule has 0 saturated heterocycles. The van der Waals surface area contributed by atoms with Gasteiger partial charge in [0.1, 0.15) is 16.8 Å². The maximum Gasteiger partial charge on any atom is 0.516 e. The molecular weight excluding hydrogens is 477 g/mol. The third kappa shape index (κ3) is 9.47. The summed E-state index contributed by atoms with van der Waals surface area (Å²) in [5.74, 6) is -1.10. The Labute approximate surface area is 203 Å². The van der Waals surface area contributed by atoms with E-state index in [1.807, 2.05) is 0 Å². The monoisotopic (exact) mass is 505 g/mol. The summed E-state index contributed by atoms with van der Waals surface area (Å²) in [6, 6.07) is 2.16. The van der Waals surface area contributed by atoms with Gasteiger partial charge in [-0.1, -0.05) is 23.2 Å². The maximum absolute atomic E-state index is 12.8. The molecule has 33 heavy (non-hydrogen) atoms. The number of anilines is 1. The number of esters is 1. The van der Waals surface area contributed by atoms with E-state index in [4.69, 9.17) is 37.4 Å². The Morgan fingerprint density at radius 3 is 1.39 bits per heavy atom. The number of hydrogen-bond donors (Lipinski definition) is 0. The number of amides is 2. The fourth-order valence-electron chi connectivity index (χ4n) is 2.17. The number of hydrogen-bond acceptors (Lipinski definition) is 8. The quantitative estimate of drug-likeness (QED) is 0.246. The van der Waals surface area contributed by atoms with Crippen molar-refractivity contribution in [2.24, 2.45) is 0 Å². The van der Waals surface area contributed by atoms with Crippen LogP contribution in [0, 0.1) is 0 Å². The van der Waals surface area contributed by atoms with E-state index < -0.39 is 41.1 Å². The average Bonchev–Trinajstić information content (AvgIpc) is 2.52. The molecule has 0 unspecified atom stereocenters. The van der Waals surface area contributed by atoms with Crippen molar-refractivity contribution < 1.29 is 38.1 Å². The molecule has 1 rings (SSSR count). The average molecular weight is 506 g/mol. The molecule has 0 aliphatic carbocycles. The molecule has 0 aromatic heterocycles. The molecule has 0 aliphatic rings. The van der Waals surface area contributed by atoms with Gasteiger partial charge in [-0.05, 0) is 74.4 Å². The number of benzene rings is 1. The lowest BCUT2D eigenvalue weighted by molar-refractivity contribution is -0.00163. The Kier molecular flexibility index (Phi) is 8.79. The lowest BCUT2D eigenvalue weighted by Crippen LogP contribution is -2.44. The molecule has 1 aromatic carbocycles. The fourth-order valence-corrected chi connectivity index (χ4v) is 2.83.